The Kier molecular flexibility index (Phi) is 2.21. The average Bonchev–Trinajstić information content (AvgIpc) is 1.83. The number of hydrogen-bond acceptors (Lipinski definition) is 1. The molecule has 1 nitrogen and oxygen atoms in total. The van der Waals surface area contributed by atoms with Crippen molar-refractivity contribution in [2.24, 2.45) is 4.99 Å². The van der Waals surface area contributed by atoms with E-state index < -0.39 is 0 Å². The van der Waals surface area contributed by atoms with Gasteiger partial charge >= 0.3 is 0 Å². The van der Waals surface area contributed by atoms with E-state index in [1.54, 1.807) is 6.21 Å². The second-order valence-electron chi connectivity index (χ2n) is 2.36. The third kappa shape index (κ3) is 2.02. The summed E-state index contributed by atoms with van der Waals surface area (Å²) in [6.45, 7) is 4.06. The Morgan fingerprint density at radius 1 is 1.20 bits per heavy atom. The van der Waals surface area contributed by atoms with E-state index in [9.17, 15) is 0 Å². The zero-order valence-corrected chi connectivity index (χ0v) is 6.33. The van der Waals surface area contributed by atoms with Crippen molar-refractivity contribution in [2.75, 3.05) is 0 Å². The highest BCUT2D eigenvalue weighted by Gasteiger charge is 1.85. The minimum absolute atomic E-state index is 1.05. The van der Waals surface area contributed by atoms with E-state index in [1.165, 1.54) is 5.57 Å². The maximum Gasteiger partial charge on any atom is 0.0375 e. The van der Waals surface area contributed by atoms with Crippen molar-refractivity contribution in [3.8, 4) is 0 Å². The largest absolute Gasteiger partial charge is 0.262 e. The fourth-order valence-corrected chi connectivity index (χ4v) is 0.832. The van der Waals surface area contributed by atoms with Crippen LogP contribution >= 0.6 is 0 Å². The van der Waals surface area contributed by atoms with E-state index in [4.69, 9.17) is 0 Å². The van der Waals surface area contributed by atoms with Crippen LogP contribution in [0.25, 0.3) is 0 Å². The average molecular weight is 133 g/mol. The first-order chi connectivity index (χ1) is 4.79. The molecule has 0 fully saturated rings. The molecule has 1 aliphatic heterocycles. The lowest BCUT2D eigenvalue weighted by molar-refractivity contribution is 1.29. The van der Waals surface area contributed by atoms with Crippen molar-refractivity contribution >= 4 is 6.21 Å². The van der Waals surface area contributed by atoms with Crippen LogP contribution in [0.2, 0.25) is 0 Å². The SMILES string of the molecule is CC1=C/C(C)=C/C=C\C=N\1. The molecule has 1 aliphatic rings. The maximum absolute atomic E-state index is 4.14. The standard InChI is InChI=1S/C9H11N/c1-8-5-3-4-6-10-9(2)7-8/h3-7H,1-2H3/b4-3-,5-3?,6-4?,8-5+,8-7?,9-7-,10-6+,10-9?. The number of hydrogen-bond donors (Lipinski definition) is 0. The molecule has 0 aromatic rings. The zero-order chi connectivity index (χ0) is 7.40. The number of nitrogens with zero attached hydrogens (tertiary/aromatic N) is 1. The van der Waals surface area contributed by atoms with Crippen molar-refractivity contribution in [3.05, 3.63) is 35.6 Å². The summed E-state index contributed by atoms with van der Waals surface area (Å²) < 4.78 is 0. The molecule has 52 valence electrons. The smallest absolute Gasteiger partial charge is 0.0375 e. The predicted octanol–water partition coefficient (Wildman–Crippen LogP) is 2.48. The van der Waals surface area contributed by atoms with Crippen LogP contribution in [0, 0.1) is 0 Å². The van der Waals surface area contributed by atoms with Gasteiger partial charge in [-0.3, -0.25) is 4.99 Å². The van der Waals surface area contributed by atoms with Gasteiger partial charge in [0.25, 0.3) is 0 Å². The van der Waals surface area contributed by atoms with Gasteiger partial charge in [0.2, 0.25) is 0 Å². The highest BCUT2D eigenvalue weighted by atomic mass is 14.7. The summed E-state index contributed by atoms with van der Waals surface area (Å²) in [7, 11) is 0. The van der Waals surface area contributed by atoms with E-state index in [2.05, 4.69) is 24.1 Å². The maximum atomic E-state index is 4.14. The molecule has 0 bridgehead atoms. The van der Waals surface area contributed by atoms with Gasteiger partial charge in [0.05, 0.1) is 0 Å². The van der Waals surface area contributed by atoms with Crippen LogP contribution in [-0.2, 0) is 0 Å². The van der Waals surface area contributed by atoms with Crippen molar-refractivity contribution in [1.82, 2.24) is 0 Å². The fourth-order valence-electron chi connectivity index (χ4n) is 0.832. The van der Waals surface area contributed by atoms with Crippen LogP contribution in [0.3, 0.4) is 0 Å². The molecular weight excluding hydrogens is 122 g/mol. The van der Waals surface area contributed by atoms with Crippen LogP contribution in [0.5, 0.6) is 0 Å². The van der Waals surface area contributed by atoms with E-state index in [0.717, 1.165) is 5.70 Å². The van der Waals surface area contributed by atoms with Crippen LogP contribution in [-0.4, -0.2) is 6.21 Å². The lowest BCUT2D eigenvalue weighted by atomic mass is 10.2. The van der Waals surface area contributed by atoms with Gasteiger partial charge in [0.15, 0.2) is 0 Å². The van der Waals surface area contributed by atoms with Crippen molar-refractivity contribution in [3.63, 3.8) is 0 Å². The summed E-state index contributed by atoms with van der Waals surface area (Å²) in [5, 5.41) is 0. The summed E-state index contributed by atoms with van der Waals surface area (Å²) in [6.07, 6.45) is 9.84. The molecule has 0 spiro atoms. The third-order valence-corrected chi connectivity index (χ3v) is 1.27. The topological polar surface area (TPSA) is 12.4 Å². The monoisotopic (exact) mass is 133 g/mol. The fraction of sp³-hybridized carbons (Fsp3) is 0.222. The molecule has 10 heavy (non-hydrogen) atoms. The zero-order valence-electron chi connectivity index (χ0n) is 6.33. The summed E-state index contributed by atoms with van der Waals surface area (Å²) >= 11 is 0. The Morgan fingerprint density at radius 2 is 2.00 bits per heavy atom. The van der Waals surface area contributed by atoms with E-state index in [1.807, 2.05) is 19.1 Å². The molecule has 0 saturated heterocycles. The molecule has 1 heteroatoms. The molecule has 0 atom stereocenters. The van der Waals surface area contributed by atoms with E-state index in [0.29, 0.717) is 0 Å². The van der Waals surface area contributed by atoms with Crippen LogP contribution < -0.4 is 0 Å². The van der Waals surface area contributed by atoms with Gasteiger partial charge in [-0.1, -0.05) is 12.2 Å². The number of allylic oxidation sites excluding steroid dienone is 6. The minimum Gasteiger partial charge on any atom is -0.262 e. The van der Waals surface area contributed by atoms with Crippen LogP contribution in [0.4, 0.5) is 0 Å². The van der Waals surface area contributed by atoms with E-state index in [-0.39, 0.29) is 0 Å². The van der Waals surface area contributed by atoms with E-state index >= 15 is 0 Å². The lowest BCUT2D eigenvalue weighted by Crippen LogP contribution is -1.77. The van der Waals surface area contributed by atoms with Gasteiger partial charge in [0, 0.05) is 11.9 Å². The first kappa shape index (κ1) is 7.00. The quantitative estimate of drug-likeness (QED) is 0.481. The van der Waals surface area contributed by atoms with Crippen LogP contribution in [0.1, 0.15) is 13.8 Å². The summed E-state index contributed by atoms with van der Waals surface area (Å²) in [5.74, 6) is 0. The molecule has 0 aromatic carbocycles. The number of aliphatic imine (C=N–C) groups is 1. The molecule has 0 aliphatic carbocycles. The van der Waals surface area contributed by atoms with Gasteiger partial charge in [-0.2, -0.15) is 0 Å². The normalized spacial score (nSPS) is 34.2. The molecule has 0 amide bonds. The Hall–Kier alpha value is -1.11. The molecule has 1 rings (SSSR count). The molecule has 0 N–H and O–H groups in total. The van der Waals surface area contributed by atoms with Crippen molar-refractivity contribution in [2.45, 2.75) is 13.8 Å². The van der Waals surface area contributed by atoms with Gasteiger partial charge in [0.1, 0.15) is 0 Å². The van der Waals surface area contributed by atoms with Gasteiger partial charge in [-0.15, -0.1) is 0 Å². The minimum atomic E-state index is 1.05. The first-order valence-electron chi connectivity index (χ1n) is 3.35. The highest BCUT2D eigenvalue weighted by Crippen LogP contribution is 2.04. The lowest BCUT2D eigenvalue weighted by Gasteiger charge is -1.94. The molecule has 0 saturated carbocycles. The molecule has 1 heterocycles. The second-order valence-corrected chi connectivity index (χ2v) is 2.36. The molecule has 0 unspecified atom stereocenters. The van der Waals surface area contributed by atoms with Crippen molar-refractivity contribution < 1.29 is 0 Å². The summed E-state index contributed by atoms with van der Waals surface area (Å²) in [5.41, 5.74) is 2.30. The Morgan fingerprint density at radius 3 is 2.80 bits per heavy atom. The van der Waals surface area contributed by atoms with Gasteiger partial charge in [-0.25, -0.2) is 0 Å². The summed E-state index contributed by atoms with van der Waals surface area (Å²) in [6, 6.07) is 0. The summed E-state index contributed by atoms with van der Waals surface area (Å²) in [4.78, 5) is 4.14. The van der Waals surface area contributed by atoms with Gasteiger partial charge in [-0.05, 0) is 31.6 Å². The van der Waals surface area contributed by atoms with Crippen LogP contribution in [0.15, 0.2) is 40.6 Å². The third-order valence-electron chi connectivity index (χ3n) is 1.27. The predicted molar refractivity (Wildman–Crippen MR) is 45.1 cm³/mol. The van der Waals surface area contributed by atoms with Crippen molar-refractivity contribution in [1.29, 1.82) is 0 Å². The second kappa shape index (κ2) is 3.16. The molecule has 0 aromatic heterocycles. The first-order valence-corrected chi connectivity index (χ1v) is 3.35. The van der Waals surface area contributed by atoms with Gasteiger partial charge < -0.3 is 0 Å². The Balaban J connectivity index is 2.89. The Bertz CT molecular complexity index is 226. The Labute approximate surface area is 61.5 Å². The number of rotatable bonds is 0. The molecular formula is C9H11N. The highest BCUT2D eigenvalue weighted by molar-refractivity contribution is 5.73. The molecule has 0 radical (unpaired) electrons.